The number of pyridine rings is 1. The van der Waals surface area contributed by atoms with E-state index in [1.165, 1.54) is 28.7 Å². The molecule has 1 saturated heterocycles. The number of ether oxygens (including phenoxy) is 2. The maximum atomic E-state index is 5.50. The summed E-state index contributed by atoms with van der Waals surface area (Å²) in [7, 11) is 1.66. The van der Waals surface area contributed by atoms with Crippen LogP contribution in [0.2, 0.25) is 0 Å². The molecule has 1 atom stereocenters. The van der Waals surface area contributed by atoms with Crippen molar-refractivity contribution >= 4 is 0 Å². The van der Waals surface area contributed by atoms with Gasteiger partial charge >= 0.3 is 0 Å². The first-order valence-corrected chi connectivity index (χ1v) is 9.20. The molecule has 1 aromatic heterocycles. The van der Waals surface area contributed by atoms with Crippen LogP contribution < -0.4 is 4.74 Å². The van der Waals surface area contributed by atoms with Crippen molar-refractivity contribution in [2.24, 2.45) is 0 Å². The maximum Gasteiger partial charge on any atom is 0.213 e. The molecular formula is C21H26N2O2. The number of benzene rings is 1. The van der Waals surface area contributed by atoms with Crippen molar-refractivity contribution in [2.75, 3.05) is 33.4 Å². The van der Waals surface area contributed by atoms with Crippen molar-refractivity contribution in [3.8, 4) is 17.0 Å². The van der Waals surface area contributed by atoms with Gasteiger partial charge in [0.05, 0.1) is 20.3 Å². The minimum atomic E-state index is 0.673. The monoisotopic (exact) mass is 338 g/mol. The summed E-state index contributed by atoms with van der Waals surface area (Å²) in [5.74, 6) is 0.674. The summed E-state index contributed by atoms with van der Waals surface area (Å²) in [5.41, 5.74) is 6.47. The Hall–Kier alpha value is -1.91. The third-order valence-corrected chi connectivity index (χ3v) is 5.55. The summed E-state index contributed by atoms with van der Waals surface area (Å²) >= 11 is 0. The number of hydrogen-bond donors (Lipinski definition) is 0. The number of aromatic nitrogens is 1. The van der Waals surface area contributed by atoms with Gasteiger partial charge in [0.2, 0.25) is 5.88 Å². The lowest BCUT2D eigenvalue weighted by molar-refractivity contribution is 0.0137. The zero-order chi connectivity index (χ0) is 17.2. The first kappa shape index (κ1) is 16.6. The molecule has 1 aliphatic carbocycles. The Balaban J connectivity index is 1.55. The van der Waals surface area contributed by atoms with Crippen LogP contribution in [0.1, 0.15) is 23.2 Å². The van der Waals surface area contributed by atoms with Gasteiger partial charge in [0.25, 0.3) is 0 Å². The van der Waals surface area contributed by atoms with Crippen molar-refractivity contribution in [3.05, 3.63) is 47.2 Å². The SMILES string of the molecule is COc1ccc(-c2ccc3c(c2)CCC(N2CCOCC2)C3)c(C)n1. The van der Waals surface area contributed by atoms with E-state index in [0.717, 1.165) is 44.8 Å². The topological polar surface area (TPSA) is 34.6 Å². The minimum absolute atomic E-state index is 0.673. The van der Waals surface area contributed by atoms with Gasteiger partial charge < -0.3 is 9.47 Å². The molecule has 0 spiro atoms. The number of nitrogens with zero attached hydrogens (tertiary/aromatic N) is 2. The lowest BCUT2D eigenvalue weighted by Crippen LogP contribution is -2.45. The highest BCUT2D eigenvalue weighted by Gasteiger charge is 2.25. The maximum absolute atomic E-state index is 5.50. The van der Waals surface area contributed by atoms with Gasteiger partial charge in [0.1, 0.15) is 0 Å². The molecule has 1 aromatic carbocycles. The molecule has 1 fully saturated rings. The lowest BCUT2D eigenvalue weighted by Gasteiger charge is -2.37. The summed E-state index contributed by atoms with van der Waals surface area (Å²) in [4.78, 5) is 7.12. The van der Waals surface area contributed by atoms with Crippen LogP contribution in [0.3, 0.4) is 0 Å². The highest BCUT2D eigenvalue weighted by molar-refractivity contribution is 5.67. The second-order valence-electron chi connectivity index (χ2n) is 7.02. The van der Waals surface area contributed by atoms with Crippen LogP contribution in [0.25, 0.3) is 11.1 Å². The average molecular weight is 338 g/mol. The van der Waals surface area contributed by atoms with Gasteiger partial charge in [-0.15, -0.1) is 0 Å². The summed E-state index contributed by atoms with van der Waals surface area (Å²) in [6, 6.07) is 11.7. The average Bonchev–Trinajstić information content (AvgIpc) is 2.67. The summed E-state index contributed by atoms with van der Waals surface area (Å²) in [6.07, 6.45) is 3.57. The molecule has 0 saturated carbocycles. The smallest absolute Gasteiger partial charge is 0.213 e. The Labute approximate surface area is 149 Å². The van der Waals surface area contributed by atoms with Gasteiger partial charge in [-0.2, -0.15) is 0 Å². The largest absolute Gasteiger partial charge is 0.481 e. The Kier molecular flexibility index (Phi) is 4.73. The summed E-state index contributed by atoms with van der Waals surface area (Å²) in [6.45, 7) is 5.97. The standard InChI is InChI=1S/C21H26N2O2/c1-15-20(7-8-21(22-15)24-2)18-4-3-17-14-19(6-5-16(17)13-18)23-9-11-25-12-10-23/h3-4,7-8,13,19H,5-6,9-12,14H2,1-2H3. The van der Waals surface area contributed by atoms with Crippen LogP contribution in [0.15, 0.2) is 30.3 Å². The quantitative estimate of drug-likeness (QED) is 0.860. The first-order chi connectivity index (χ1) is 12.2. The van der Waals surface area contributed by atoms with E-state index in [-0.39, 0.29) is 0 Å². The molecule has 2 heterocycles. The molecule has 0 bridgehead atoms. The number of aryl methyl sites for hydroxylation is 2. The van der Waals surface area contributed by atoms with Crippen molar-refractivity contribution in [1.29, 1.82) is 0 Å². The first-order valence-electron chi connectivity index (χ1n) is 9.20. The Morgan fingerprint density at radius 3 is 2.72 bits per heavy atom. The fourth-order valence-corrected chi connectivity index (χ4v) is 4.11. The van der Waals surface area contributed by atoms with E-state index in [4.69, 9.17) is 9.47 Å². The molecule has 25 heavy (non-hydrogen) atoms. The number of hydrogen-bond acceptors (Lipinski definition) is 4. The van der Waals surface area contributed by atoms with E-state index < -0.39 is 0 Å². The molecule has 1 unspecified atom stereocenters. The van der Waals surface area contributed by atoms with Gasteiger partial charge in [-0.25, -0.2) is 4.98 Å². The predicted molar refractivity (Wildman–Crippen MR) is 99.2 cm³/mol. The zero-order valence-corrected chi connectivity index (χ0v) is 15.1. The molecular weight excluding hydrogens is 312 g/mol. The fraction of sp³-hybridized carbons (Fsp3) is 0.476. The van der Waals surface area contributed by atoms with E-state index in [1.54, 1.807) is 7.11 Å². The van der Waals surface area contributed by atoms with E-state index in [1.807, 2.05) is 13.0 Å². The molecule has 0 N–H and O–H groups in total. The van der Waals surface area contributed by atoms with Crippen LogP contribution in [0.5, 0.6) is 5.88 Å². The zero-order valence-electron chi connectivity index (χ0n) is 15.1. The van der Waals surface area contributed by atoms with Crippen LogP contribution in [0, 0.1) is 6.92 Å². The van der Waals surface area contributed by atoms with Crippen LogP contribution in [-0.2, 0) is 17.6 Å². The van der Waals surface area contributed by atoms with Gasteiger partial charge in [-0.05, 0) is 48.9 Å². The normalized spacial score (nSPS) is 21.0. The molecule has 1 aliphatic heterocycles. The molecule has 0 amide bonds. The summed E-state index contributed by atoms with van der Waals surface area (Å²) in [5, 5.41) is 0. The van der Waals surface area contributed by atoms with Crippen molar-refractivity contribution in [1.82, 2.24) is 9.88 Å². The Bertz CT molecular complexity index is 754. The van der Waals surface area contributed by atoms with Gasteiger partial charge in [-0.3, -0.25) is 4.90 Å². The second-order valence-corrected chi connectivity index (χ2v) is 7.02. The molecule has 4 nitrogen and oxygen atoms in total. The van der Waals surface area contributed by atoms with Gasteiger partial charge in [0, 0.05) is 36.5 Å². The Morgan fingerprint density at radius 1 is 1.12 bits per heavy atom. The molecule has 4 rings (SSSR count). The third kappa shape index (κ3) is 3.42. The summed E-state index contributed by atoms with van der Waals surface area (Å²) < 4.78 is 10.7. The second kappa shape index (κ2) is 7.14. The predicted octanol–water partition coefficient (Wildman–Crippen LogP) is 3.26. The highest BCUT2D eigenvalue weighted by atomic mass is 16.5. The van der Waals surface area contributed by atoms with E-state index in [2.05, 4.69) is 34.1 Å². The molecule has 132 valence electrons. The number of fused-ring (bicyclic) bond motifs is 1. The molecule has 0 radical (unpaired) electrons. The molecule has 2 aromatic rings. The van der Waals surface area contributed by atoms with E-state index in [9.17, 15) is 0 Å². The Morgan fingerprint density at radius 2 is 1.96 bits per heavy atom. The van der Waals surface area contributed by atoms with Crippen molar-refractivity contribution in [2.45, 2.75) is 32.2 Å². The lowest BCUT2D eigenvalue weighted by atomic mass is 9.85. The van der Waals surface area contributed by atoms with Crippen molar-refractivity contribution < 1.29 is 9.47 Å². The van der Waals surface area contributed by atoms with E-state index >= 15 is 0 Å². The number of rotatable bonds is 3. The van der Waals surface area contributed by atoms with Gasteiger partial charge in [-0.1, -0.05) is 18.2 Å². The van der Waals surface area contributed by atoms with Gasteiger partial charge in [0.15, 0.2) is 0 Å². The van der Waals surface area contributed by atoms with Crippen LogP contribution in [-0.4, -0.2) is 49.3 Å². The molecule has 4 heteroatoms. The minimum Gasteiger partial charge on any atom is -0.481 e. The number of morpholine rings is 1. The van der Waals surface area contributed by atoms with Crippen molar-refractivity contribution in [3.63, 3.8) is 0 Å². The van der Waals surface area contributed by atoms with Crippen LogP contribution >= 0.6 is 0 Å². The third-order valence-electron chi connectivity index (χ3n) is 5.55. The highest BCUT2D eigenvalue weighted by Crippen LogP contribution is 2.31. The van der Waals surface area contributed by atoms with Crippen LogP contribution in [0.4, 0.5) is 0 Å². The van der Waals surface area contributed by atoms with E-state index in [0.29, 0.717) is 11.9 Å². The molecule has 2 aliphatic rings. The fourth-order valence-electron chi connectivity index (χ4n) is 4.11. The number of methoxy groups -OCH3 is 1.